The van der Waals surface area contributed by atoms with Gasteiger partial charge in [-0.1, -0.05) is 33.4 Å². The van der Waals surface area contributed by atoms with Crippen molar-refractivity contribution in [3.05, 3.63) is 18.1 Å². The van der Waals surface area contributed by atoms with Crippen LogP contribution in [0.25, 0.3) is 11.0 Å². The Labute approximate surface area is 230 Å². The number of nitrogen functional groups attached to an aromatic ring is 1. The first-order valence-corrected chi connectivity index (χ1v) is 17.9. The van der Waals surface area contributed by atoms with E-state index < -0.39 is 48.5 Å². The van der Waals surface area contributed by atoms with Crippen LogP contribution in [0, 0.1) is 11.8 Å². The molecule has 1 aliphatic rings. The van der Waals surface area contributed by atoms with Gasteiger partial charge in [0.25, 0.3) is 0 Å². The molecule has 0 radical (unpaired) electrons. The van der Waals surface area contributed by atoms with Crippen molar-refractivity contribution in [3.63, 3.8) is 0 Å². The van der Waals surface area contributed by atoms with E-state index in [-0.39, 0.29) is 24.2 Å². The van der Waals surface area contributed by atoms with Crippen LogP contribution < -0.4 is 11.5 Å². The smallest absolute Gasteiger partial charge is 0.383 e. The van der Waals surface area contributed by atoms with Crippen molar-refractivity contribution in [3.8, 4) is 11.8 Å². The van der Waals surface area contributed by atoms with Crippen LogP contribution in [-0.2, 0) is 36.3 Å². The zero-order valence-corrected chi connectivity index (χ0v) is 24.6. The highest BCUT2D eigenvalue weighted by Gasteiger charge is 2.44. The van der Waals surface area contributed by atoms with Crippen molar-refractivity contribution in [1.29, 1.82) is 0 Å². The molecule has 3 rings (SSSR count). The largest absolute Gasteiger partial charge is 0.490 e. The van der Waals surface area contributed by atoms with Gasteiger partial charge in [-0.15, -0.1) is 0 Å². The Balaban J connectivity index is 1.85. The molecule has 6 atom stereocenters. The Kier molecular flexibility index (Phi) is 11.1. The van der Waals surface area contributed by atoms with Crippen molar-refractivity contribution in [1.82, 2.24) is 14.5 Å². The van der Waals surface area contributed by atoms with Crippen LogP contribution in [0.4, 0.5) is 5.82 Å². The minimum Gasteiger partial charge on any atom is -0.383 e. The number of phosphoric acid groups is 3. The summed E-state index contributed by atoms with van der Waals surface area (Å²) in [7, 11) is -13.7. The lowest BCUT2D eigenvalue weighted by molar-refractivity contribution is -0.0616. The minimum atomic E-state index is -5.67. The highest BCUT2D eigenvalue weighted by molar-refractivity contribution is 8.76. The Morgan fingerprint density at radius 3 is 2.59 bits per heavy atom. The topological polar surface area (TPSA) is 261 Å². The quantitative estimate of drug-likeness (QED) is 0.0827. The molecule has 8 N–H and O–H groups in total. The van der Waals surface area contributed by atoms with Crippen molar-refractivity contribution in [2.24, 2.45) is 5.73 Å². The van der Waals surface area contributed by atoms with Crippen LogP contribution in [0.15, 0.2) is 12.5 Å². The molecule has 17 nitrogen and oxygen atoms in total. The summed E-state index contributed by atoms with van der Waals surface area (Å²) in [5.41, 5.74) is 12.1. The third-order valence-electron chi connectivity index (χ3n) is 4.87. The second-order valence-electron chi connectivity index (χ2n) is 7.67. The van der Waals surface area contributed by atoms with Crippen LogP contribution in [0.3, 0.4) is 0 Å². The molecular weight excluding hydrogens is 623 g/mol. The van der Waals surface area contributed by atoms with Gasteiger partial charge in [0.15, 0.2) is 0 Å². The summed E-state index contributed by atoms with van der Waals surface area (Å²) >= 11 is 0. The van der Waals surface area contributed by atoms with E-state index in [1.807, 2.05) is 6.26 Å². The second kappa shape index (κ2) is 13.3. The number of rotatable bonds is 12. The molecule has 3 heterocycles. The van der Waals surface area contributed by atoms with Gasteiger partial charge in [0, 0.05) is 12.6 Å². The summed E-state index contributed by atoms with van der Waals surface area (Å²) in [6, 6.07) is 0. The molecule has 0 saturated carbocycles. The van der Waals surface area contributed by atoms with Gasteiger partial charge in [-0.25, -0.2) is 23.7 Å². The summed E-state index contributed by atoms with van der Waals surface area (Å²) in [6.07, 6.45) is 2.49. The molecule has 39 heavy (non-hydrogen) atoms. The number of nitrogens with zero attached hydrogens (tertiary/aromatic N) is 3. The molecule has 1 saturated heterocycles. The zero-order valence-electron chi connectivity index (χ0n) is 20.3. The highest BCUT2D eigenvalue weighted by Crippen LogP contribution is 2.66. The van der Waals surface area contributed by atoms with E-state index in [9.17, 15) is 23.5 Å². The van der Waals surface area contributed by atoms with Crippen LogP contribution in [0.5, 0.6) is 0 Å². The Morgan fingerprint density at radius 2 is 1.95 bits per heavy atom. The molecule has 22 heteroatoms. The minimum absolute atomic E-state index is 0.101. The number of aromatic nitrogens is 3. The molecule has 2 unspecified atom stereocenters. The monoisotopic (exact) mass is 649 g/mol. The third-order valence-corrected chi connectivity index (χ3v) is 10.6. The molecule has 1 fully saturated rings. The number of phosphoric ester groups is 1. The fourth-order valence-electron chi connectivity index (χ4n) is 3.61. The molecule has 2 aromatic heterocycles. The molecule has 1 aliphatic heterocycles. The van der Waals surface area contributed by atoms with E-state index in [2.05, 4.69) is 30.4 Å². The van der Waals surface area contributed by atoms with Crippen LogP contribution in [-0.4, -0.2) is 71.2 Å². The Bertz CT molecular complexity index is 1380. The molecule has 0 aromatic carbocycles. The number of anilines is 1. The maximum Gasteiger partial charge on any atom is 0.490 e. The second-order valence-corrected chi connectivity index (χ2v) is 14.9. The Hall–Kier alpha value is -1.03. The highest BCUT2D eigenvalue weighted by atomic mass is 33.1. The summed E-state index contributed by atoms with van der Waals surface area (Å²) in [6.45, 7) is 1.20. The maximum absolute atomic E-state index is 12.3. The van der Waals surface area contributed by atoms with Gasteiger partial charge >= 0.3 is 23.5 Å². The normalized spacial score (nSPS) is 23.6. The lowest BCUT2D eigenvalue weighted by Gasteiger charge is -2.23. The first-order valence-electron chi connectivity index (χ1n) is 10.7. The average Bonchev–Trinajstić information content (AvgIpc) is 3.36. The summed E-state index contributed by atoms with van der Waals surface area (Å²) < 4.78 is 60.8. The lowest BCUT2D eigenvalue weighted by Crippen LogP contribution is -2.30. The number of hydrogen-bond acceptors (Lipinski definition) is 14. The molecule has 0 spiro atoms. The van der Waals surface area contributed by atoms with Crippen LogP contribution >= 0.6 is 45.1 Å². The van der Waals surface area contributed by atoms with Gasteiger partial charge in [-0.2, -0.15) is 8.62 Å². The first-order chi connectivity index (χ1) is 18.1. The summed E-state index contributed by atoms with van der Waals surface area (Å²) in [5, 5.41) is 0.475. The molecule has 0 bridgehead atoms. The van der Waals surface area contributed by atoms with Gasteiger partial charge in [-0.05, 0) is 13.2 Å². The summed E-state index contributed by atoms with van der Waals surface area (Å²) in [5.74, 6) is 5.83. The lowest BCUT2D eigenvalue weighted by atomic mass is 10.2. The third kappa shape index (κ3) is 9.23. The first kappa shape index (κ1) is 32.5. The molecule has 218 valence electrons. The standard InChI is InChI=1S/C17H26N5O12P3S2/c1-10(39-38-2)31-12-6-14(22-7-11(4-3-5-18)15-16(19)20-9-21-17(15)22)32-13(12)8-30-36(26,27)34-37(28,29)33-35(23,24)25/h7,9-10,12-14H,5-6,8,18H2,1-2H3,(H,26,27)(H,28,29)(H2,19,20,21)(H2,23,24,25)/t10-,12+,13+,14+/m0/s1. The van der Waals surface area contributed by atoms with Gasteiger partial charge in [0.05, 0.1) is 30.2 Å². The van der Waals surface area contributed by atoms with Crippen LogP contribution in [0.2, 0.25) is 0 Å². The van der Waals surface area contributed by atoms with E-state index >= 15 is 0 Å². The molecule has 0 aliphatic carbocycles. The van der Waals surface area contributed by atoms with Crippen molar-refractivity contribution in [2.45, 2.75) is 37.2 Å². The van der Waals surface area contributed by atoms with Crippen molar-refractivity contribution < 1.29 is 55.9 Å². The predicted octanol–water partition coefficient (Wildman–Crippen LogP) is 1.70. The summed E-state index contributed by atoms with van der Waals surface area (Å²) in [4.78, 5) is 44.9. The SMILES string of the molecule is CSS[C@@H](C)O[C@@H]1C[C@H](n2cc(C#CCN)c3c(N)ncnc32)O[C@@H]1COP(=O)(O)OP(=O)(O)OP(=O)(O)O. The predicted molar refractivity (Wildman–Crippen MR) is 142 cm³/mol. The number of hydrogen-bond donors (Lipinski definition) is 6. The molecule has 0 amide bonds. The number of fused-ring (bicyclic) bond motifs is 1. The van der Waals surface area contributed by atoms with E-state index in [1.54, 1.807) is 17.7 Å². The van der Waals surface area contributed by atoms with E-state index in [0.717, 1.165) is 0 Å². The fraction of sp³-hybridized carbons (Fsp3) is 0.529. The van der Waals surface area contributed by atoms with Gasteiger partial charge in [0.1, 0.15) is 35.6 Å². The van der Waals surface area contributed by atoms with Crippen molar-refractivity contribution >= 4 is 61.9 Å². The molecule has 2 aromatic rings. The Morgan fingerprint density at radius 1 is 1.23 bits per heavy atom. The van der Waals surface area contributed by atoms with Crippen LogP contribution in [0.1, 0.15) is 25.1 Å². The number of ether oxygens (including phenoxy) is 2. The molecular formula is C17H26N5O12P3S2. The van der Waals surface area contributed by atoms with Gasteiger partial charge in [0.2, 0.25) is 0 Å². The van der Waals surface area contributed by atoms with E-state index in [4.69, 9.17) is 35.3 Å². The average molecular weight is 649 g/mol. The van der Waals surface area contributed by atoms with Gasteiger partial charge in [-0.3, -0.25) is 4.52 Å². The zero-order chi connectivity index (χ0) is 29.0. The number of nitrogens with two attached hydrogens (primary N) is 2. The van der Waals surface area contributed by atoms with E-state index in [1.165, 1.54) is 27.9 Å². The van der Waals surface area contributed by atoms with Crippen molar-refractivity contribution in [2.75, 3.05) is 25.1 Å². The fourth-order valence-corrected chi connectivity index (χ4v) is 8.05. The van der Waals surface area contributed by atoms with Gasteiger partial charge < -0.3 is 45.1 Å². The van der Waals surface area contributed by atoms with E-state index in [0.29, 0.717) is 16.6 Å². The maximum atomic E-state index is 12.3.